The van der Waals surface area contributed by atoms with Gasteiger partial charge in [0.15, 0.2) is 5.78 Å². The maximum absolute atomic E-state index is 12.1. The minimum atomic E-state index is 0.0610. The Morgan fingerprint density at radius 1 is 1.32 bits per heavy atom. The summed E-state index contributed by atoms with van der Waals surface area (Å²) in [7, 11) is 1.95. The Bertz CT molecular complexity index is 534. The quantitative estimate of drug-likeness (QED) is 0.851. The van der Waals surface area contributed by atoms with Crippen molar-refractivity contribution in [2.24, 2.45) is 0 Å². The van der Waals surface area contributed by atoms with Crippen molar-refractivity contribution in [1.82, 2.24) is 4.90 Å². The largest absolute Gasteiger partial charge is 0.508 e. The van der Waals surface area contributed by atoms with Crippen molar-refractivity contribution in [3.63, 3.8) is 0 Å². The molecule has 1 unspecified atom stereocenters. The second-order valence-electron chi connectivity index (χ2n) is 4.58. The smallest absolute Gasteiger partial charge is 0.176 e. The minimum Gasteiger partial charge on any atom is -0.508 e. The lowest BCUT2D eigenvalue weighted by Gasteiger charge is -2.22. The van der Waals surface area contributed by atoms with E-state index in [2.05, 4.69) is 13.0 Å². The maximum atomic E-state index is 12.1. The van der Waals surface area contributed by atoms with Crippen LogP contribution in [-0.2, 0) is 0 Å². The first-order valence-electron chi connectivity index (χ1n) is 6.14. The van der Waals surface area contributed by atoms with Crippen LogP contribution in [0.2, 0.25) is 0 Å². The van der Waals surface area contributed by atoms with Crippen LogP contribution in [0.25, 0.3) is 0 Å². The number of aromatic hydroxyl groups is 1. The number of Topliss-reactive ketones (excluding diaryl/α,β-unsaturated/α-hetero) is 1. The molecular weight excluding hydrogens is 258 g/mol. The van der Waals surface area contributed by atoms with Crippen LogP contribution in [0.15, 0.2) is 41.8 Å². The van der Waals surface area contributed by atoms with Crippen LogP contribution in [0.1, 0.15) is 28.2 Å². The normalized spacial score (nSPS) is 12.6. The number of ketones is 1. The van der Waals surface area contributed by atoms with E-state index in [0.717, 1.165) is 0 Å². The molecule has 0 amide bonds. The zero-order chi connectivity index (χ0) is 13.8. The van der Waals surface area contributed by atoms with Crippen LogP contribution in [0, 0.1) is 0 Å². The Morgan fingerprint density at radius 3 is 2.58 bits per heavy atom. The van der Waals surface area contributed by atoms with Gasteiger partial charge in [-0.25, -0.2) is 0 Å². The Labute approximate surface area is 117 Å². The lowest BCUT2D eigenvalue weighted by molar-refractivity contribution is 0.0926. The van der Waals surface area contributed by atoms with E-state index in [1.165, 1.54) is 17.0 Å². The van der Waals surface area contributed by atoms with Crippen molar-refractivity contribution in [1.29, 1.82) is 0 Å². The molecule has 2 rings (SSSR count). The molecule has 1 atom stereocenters. The highest BCUT2D eigenvalue weighted by atomic mass is 32.1. The number of hydrogen-bond donors (Lipinski definition) is 1. The zero-order valence-corrected chi connectivity index (χ0v) is 11.9. The van der Waals surface area contributed by atoms with Gasteiger partial charge >= 0.3 is 0 Å². The van der Waals surface area contributed by atoms with Gasteiger partial charge in [-0.1, -0.05) is 6.07 Å². The average Bonchev–Trinajstić information content (AvgIpc) is 2.92. The fourth-order valence-corrected chi connectivity index (χ4v) is 2.70. The summed E-state index contributed by atoms with van der Waals surface area (Å²) >= 11 is 1.70. The fraction of sp³-hybridized carbons (Fsp3) is 0.267. The highest BCUT2D eigenvalue weighted by molar-refractivity contribution is 7.10. The SMILES string of the molecule is CC(c1cccs1)N(C)CC(=O)c1ccc(O)cc1. The highest BCUT2D eigenvalue weighted by Crippen LogP contribution is 2.23. The Balaban J connectivity index is 2.00. The van der Waals surface area contributed by atoms with E-state index in [4.69, 9.17) is 0 Å². The van der Waals surface area contributed by atoms with Crippen molar-refractivity contribution >= 4 is 17.1 Å². The number of phenols is 1. The molecule has 0 bridgehead atoms. The van der Waals surface area contributed by atoms with Crippen LogP contribution < -0.4 is 0 Å². The first kappa shape index (κ1) is 13.8. The standard InChI is InChI=1S/C15H17NO2S/c1-11(15-4-3-9-19-15)16(2)10-14(18)12-5-7-13(17)8-6-12/h3-9,11,17H,10H2,1-2H3. The number of nitrogens with zero attached hydrogens (tertiary/aromatic N) is 1. The minimum absolute atomic E-state index is 0.0610. The molecule has 100 valence electrons. The number of hydrogen-bond acceptors (Lipinski definition) is 4. The Hall–Kier alpha value is -1.65. The lowest BCUT2D eigenvalue weighted by Crippen LogP contribution is -2.28. The Morgan fingerprint density at radius 2 is 2.00 bits per heavy atom. The molecule has 0 fully saturated rings. The summed E-state index contributed by atoms with van der Waals surface area (Å²) < 4.78 is 0. The van der Waals surface area contributed by atoms with Gasteiger partial charge in [0.1, 0.15) is 5.75 Å². The van der Waals surface area contributed by atoms with E-state index in [1.807, 2.05) is 23.4 Å². The molecule has 1 aromatic heterocycles. The molecule has 0 aliphatic carbocycles. The van der Waals surface area contributed by atoms with E-state index in [9.17, 15) is 9.90 Å². The van der Waals surface area contributed by atoms with Crippen molar-refractivity contribution in [2.45, 2.75) is 13.0 Å². The number of phenolic OH excluding ortho intramolecular Hbond substituents is 1. The molecule has 0 saturated heterocycles. The van der Waals surface area contributed by atoms with Gasteiger partial charge in [0.2, 0.25) is 0 Å². The summed E-state index contributed by atoms with van der Waals surface area (Å²) in [6.45, 7) is 2.46. The number of likely N-dealkylation sites (N-methyl/N-ethyl adjacent to an activating group) is 1. The maximum Gasteiger partial charge on any atom is 0.176 e. The highest BCUT2D eigenvalue weighted by Gasteiger charge is 2.16. The number of carbonyl (C=O) groups excluding carboxylic acids is 1. The van der Waals surface area contributed by atoms with Gasteiger partial charge in [-0.3, -0.25) is 9.69 Å². The average molecular weight is 275 g/mol. The van der Waals surface area contributed by atoms with Crippen LogP contribution in [0.4, 0.5) is 0 Å². The predicted octanol–water partition coefficient (Wildman–Crippen LogP) is 3.33. The van der Waals surface area contributed by atoms with Gasteiger partial charge in [-0.15, -0.1) is 11.3 Å². The second kappa shape index (κ2) is 5.99. The molecule has 1 N–H and O–H groups in total. The van der Waals surface area contributed by atoms with Gasteiger partial charge in [0.05, 0.1) is 6.54 Å². The van der Waals surface area contributed by atoms with Crippen molar-refractivity contribution in [2.75, 3.05) is 13.6 Å². The molecule has 1 aromatic carbocycles. The third kappa shape index (κ3) is 3.43. The van der Waals surface area contributed by atoms with Crippen LogP contribution in [-0.4, -0.2) is 29.4 Å². The number of thiophene rings is 1. The zero-order valence-electron chi connectivity index (χ0n) is 11.0. The lowest BCUT2D eigenvalue weighted by atomic mass is 10.1. The summed E-state index contributed by atoms with van der Waals surface area (Å²) in [6, 6.07) is 10.7. The van der Waals surface area contributed by atoms with E-state index < -0.39 is 0 Å². The monoisotopic (exact) mass is 275 g/mol. The molecular formula is C15H17NO2S. The summed E-state index contributed by atoms with van der Waals surface area (Å²) in [5.74, 6) is 0.239. The number of carbonyl (C=O) groups is 1. The first-order chi connectivity index (χ1) is 9.08. The van der Waals surface area contributed by atoms with Gasteiger partial charge in [-0.2, -0.15) is 0 Å². The summed E-state index contributed by atoms with van der Waals surface area (Å²) in [5.41, 5.74) is 0.628. The molecule has 2 aromatic rings. The molecule has 0 aliphatic heterocycles. The van der Waals surface area contributed by atoms with Gasteiger partial charge in [0.25, 0.3) is 0 Å². The van der Waals surface area contributed by atoms with E-state index in [-0.39, 0.29) is 17.6 Å². The van der Waals surface area contributed by atoms with Crippen molar-refractivity contribution in [3.05, 3.63) is 52.2 Å². The van der Waals surface area contributed by atoms with Crippen LogP contribution >= 0.6 is 11.3 Å². The van der Waals surface area contributed by atoms with Crippen LogP contribution in [0.3, 0.4) is 0 Å². The predicted molar refractivity (Wildman–Crippen MR) is 77.8 cm³/mol. The topological polar surface area (TPSA) is 40.5 Å². The molecule has 1 heterocycles. The molecule has 0 aliphatic rings. The third-order valence-electron chi connectivity index (χ3n) is 3.20. The van der Waals surface area contributed by atoms with Gasteiger partial charge in [-0.05, 0) is 49.7 Å². The third-order valence-corrected chi connectivity index (χ3v) is 4.24. The molecule has 19 heavy (non-hydrogen) atoms. The summed E-state index contributed by atoms with van der Waals surface area (Å²) in [5, 5.41) is 11.3. The van der Waals surface area contributed by atoms with E-state index >= 15 is 0 Å². The number of rotatable bonds is 5. The van der Waals surface area contributed by atoms with Crippen molar-refractivity contribution < 1.29 is 9.90 Å². The van der Waals surface area contributed by atoms with E-state index in [0.29, 0.717) is 12.1 Å². The molecule has 4 heteroatoms. The fourth-order valence-electron chi connectivity index (χ4n) is 1.85. The molecule has 3 nitrogen and oxygen atoms in total. The molecule has 0 saturated carbocycles. The second-order valence-corrected chi connectivity index (χ2v) is 5.56. The van der Waals surface area contributed by atoms with Crippen molar-refractivity contribution in [3.8, 4) is 5.75 Å². The summed E-state index contributed by atoms with van der Waals surface area (Å²) in [4.78, 5) is 15.4. The molecule has 0 spiro atoms. The number of benzene rings is 1. The summed E-state index contributed by atoms with van der Waals surface area (Å²) in [6.07, 6.45) is 0. The van der Waals surface area contributed by atoms with Gasteiger partial charge < -0.3 is 5.11 Å². The Kier molecular flexibility index (Phi) is 4.35. The van der Waals surface area contributed by atoms with Gasteiger partial charge in [0, 0.05) is 16.5 Å². The van der Waals surface area contributed by atoms with E-state index in [1.54, 1.807) is 23.5 Å². The first-order valence-corrected chi connectivity index (χ1v) is 7.02. The van der Waals surface area contributed by atoms with Crippen LogP contribution in [0.5, 0.6) is 5.75 Å². The molecule has 0 radical (unpaired) electrons.